The number of benzene rings is 1. The molecule has 0 radical (unpaired) electrons. The molecule has 2 fully saturated rings. The van der Waals surface area contributed by atoms with E-state index in [-0.39, 0.29) is 17.8 Å². The lowest BCUT2D eigenvalue weighted by molar-refractivity contribution is -0.132. The van der Waals surface area contributed by atoms with Crippen LogP contribution in [0, 0.1) is 5.82 Å². The number of thioether (sulfide) groups is 1. The summed E-state index contributed by atoms with van der Waals surface area (Å²) in [4.78, 5) is 25.3. The number of nitrogens with zero attached hydrogens (tertiary/aromatic N) is 4. The van der Waals surface area contributed by atoms with Crippen molar-refractivity contribution in [1.82, 2.24) is 14.9 Å². The van der Waals surface area contributed by atoms with Crippen molar-refractivity contribution in [3.8, 4) is 0 Å². The Morgan fingerprint density at radius 1 is 1.21 bits per heavy atom. The fourth-order valence-corrected chi connectivity index (χ4v) is 4.44. The quantitative estimate of drug-likeness (QED) is 0.835. The normalized spacial score (nSPS) is 21.5. The predicted molar refractivity (Wildman–Crippen MR) is 93.8 cm³/mol. The van der Waals surface area contributed by atoms with Crippen LogP contribution >= 0.6 is 11.8 Å². The predicted octanol–water partition coefficient (Wildman–Crippen LogP) is 2.31. The van der Waals surface area contributed by atoms with Crippen LogP contribution in [-0.2, 0) is 4.79 Å². The van der Waals surface area contributed by atoms with Crippen LogP contribution in [0.15, 0.2) is 24.5 Å². The minimum Gasteiger partial charge on any atom is -0.344 e. The first-order valence-electron chi connectivity index (χ1n) is 8.28. The molecule has 126 valence electrons. The van der Waals surface area contributed by atoms with Crippen molar-refractivity contribution < 1.29 is 9.18 Å². The van der Waals surface area contributed by atoms with Gasteiger partial charge in [-0.1, -0.05) is 6.07 Å². The van der Waals surface area contributed by atoms with Gasteiger partial charge in [-0.3, -0.25) is 4.79 Å². The summed E-state index contributed by atoms with van der Waals surface area (Å²) >= 11 is 1.88. The van der Waals surface area contributed by atoms with Crippen molar-refractivity contribution in [2.75, 3.05) is 36.0 Å². The summed E-state index contributed by atoms with van der Waals surface area (Å²) in [6.07, 6.45) is 3.16. The van der Waals surface area contributed by atoms with Crippen LogP contribution in [0.4, 0.5) is 10.2 Å². The van der Waals surface area contributed by atoms with E-state index in [2.05, 4.69) is 9.97 Å². The van der Waals surface area contributed by atoms with E-state index in [4.69, 9.17) is 0 Å². The summed E-state index contributed by atoms with van der Waals surface area (Å²) in [5, 5.41) is 0.411. The number of anilines is 1. The number of aromatic nitrogens is 2. The summed E-state index contributed by atoms with van der Waals surface area (Å²) in [5.74, 6) is 2.33. The number of hydrogen-bond donors (Lipinski definition) is 0. The Hall–Kier alpha value is -1.89. The molecule has 5 nitrogen and oxygen atoms in total. The molecule has 3 heterocycles. The summed E-state index contributed by atoms with van der Waals surface area (Å²) in [6, 6.07) is 4.60. The second kappa shape index (κ2) is 6.55. The molecule has 7 heteroatoms. The van der Waals surface area contributed by atoms with E-state index < -0.39 is 0 Å². The number of carbonyl (C=O) groups is 1. The van der Waals surface area contributed by atoms with Crippen molar-refractivity contribution >= 4 is 34.4 Å². The second-order valence-corrected chi connectivity index (χ2v) is 7.35. The molecular weight excluding hydrogens is 327 g/mol. The minimum atomic E-state index is -0.337. The molecule has 0 unspecified atom stereocenters. The van der Waals surface area contributed by atoms with Crippen LogP contribution in [-0.4, -0.2) is 58.0 Å². The van der Waals surface area contributed by atoms with Gasteiger partial charge in [-0.2, -0.15) is 11.8 Å². The maximum atomic E-state index is 14.4. The molecule has 1 aromatic carbocycles. The van der Waals surface area contributed by atoms with E-state index >= 15 is 0 Å². The molecule has 0 saturated carbocycles. The maximum absolute atomic E-state index is 14.4. The topological polar surface area (TPSA) is 49.3 Å². The number of halogens is 1. The highest BCUT2D eigenvalue weighted by Gasteiger charge is 2.36. The SMILES string of the molecule is O=C([C@H]1CCCN1c1ncnc2cccc(F)c12)N1CCSCC1. The highest BCUT2D eigenvalue weighted by molar-refractivity contribution is 7.99. The fraction of sp³-hybridized carbons (Fsp3) is 0.471. The Balaban J connectivity index is 1.69. The Morgan fingerprint density at radius 2 is 2.04 bits per heavy atom. The molecule has 2 saturated heterocycles. The van der Waals surface area contributed by atoms with Gasteiger partial charge in [-0.05, 0) is 25.0 Å². The molecule has 0 N–H and O–H groups in total. The first-order valence-corrected chi connectivity index (χ1v) is 9.43. The van der Waals surface area contributed by atoms with Gasteiger partial charge < -0.3 is 9.80 Å². The van der Waals surface area contributed by atoms with E-state index in [1.54, 1.807) is 12.1 Å². The van der Waals surface area contributed by atoms with Crippen LogP contribution in [0.3, 0.4) is 0 Å². The Morgan fingerprint density at radius 3 is 2.88 bits per heavy atom. The van der Waals surface area contributed by atoms with Gasteiger partial charge in [-0.25, -0.2) is 14.4 Å². The molecule has 0 aliphatic carbocycles. The Kier molecular flexibility index (Phi) is 4.26. The number of amides is 1. The van der Waals surface area contributed by atoms with E-state index in [1.807, 2.05) is 21.6 Å². The van der Waals surface area contributed by atoms with Gasteiger partial charge in [0.25, 0.3) is 0 Å². The lowest BCUT2D eigenvalue weighted by Crippen LogP contribution is -2.48. The number of hydrogen-bond acceptors (Lipinski definition) is 5. The molecule has 1 atom stereocenters. The molecule has 1 aromatic heterocycles. The Labute approximate surface area is 144 Å². The number of carbonyl (C=O) groups excluding carboxylic acids is 1. The lowest BCUT2D eigenvalue weighted by Gasteiger charge is -2.33. The van der Waals surface area contributed by atoms with Gasteiger partial charge in [0.15, 0.2) is 0 Å². The summed E-state index contributed by atoms with van der Waals surface area (Å²) < 4.78 is 14.4. The lowest BCUT2D eigenvalue weighted by atomic mass is 10.1. The smallest absolute Gasteiger partial charge is 0.245 e. The zero-order valence-corrected chi connectivity index (χ0v) is 14.1. The molecule has 0 spiro atoms. The number of rotatable bonds is 2. The third kappa shape index (κ3) is 2.70. The van der Waals surface area contributed by atoms with Crippen LogP contribution < -0.4 is 4.90 Å². The van der Waals surface area contributed by atoms with Crippen molar-refractivity contribution in [3.63, 3.8) is 0 Å². The van der Waals surface area contributed by atoms with Gasteiger partial charge in [0, 0.05) is 31.1 Å². The van der Waals surface area contributed by atoms with Crippen molar-refractivity contribution in [2.24, 2.45) is 0 Å². The average molecular weight is 346 g/mol. The van der Waals surface area contributed by atoms with Gasteiger partial charge in [0.2, 0.25) is 5.91 Å². The standard InChI is InChI=1S/C17H19FN4OS/c18-12-3-1-4-13-15(12)16(20-11-19-13)22-6-2-5-14(22)17(23)21-7-9-24-10-8-21/h1,3-4,11,14H,2,5-10H2/t14-/m1/s1. The van der Waals surface area contributed by atoms with Gasteiger partial charge >= 0.3 is 0 Å². The summed E-state index contributed by atoms with van der Waals surface area (Å²) in [7, 11) is 0. The first-order chi connectivity index (χ1) is 11.8. The van der Waals surface area contributed by atoms with Gasteiger partial charge in [0.1, 0.15) is 24.0 Å². The largest absolute Gasteiger partial charge is 0.344 e. The Bertz CT molecular complexity index is 760. The molecule has 4 rings (SSSR count). The summed E-state index contributed by atoms with van der Waals surface area (Å²) in [5.41, 5.74) is 0.576. The molecule has 2 aliphatic rings. The van der Waals surface area contributed by atoms with Crippen LogP contribution in [0.25, 0.3) is 10.9 Å². The minimum absolute atomic E-state index is 0.149. The van der Waals surface area contributed by atoms with Crippen molar-refractivity contribution in [3.05, 3.63) is 30.3 Å². The van der Waals surface area contributed by atoms with Crippen LogP contribution in [0.5, 0.6) is 0 Å². The third-order valence-corrected chi connectivity index (χ3v) is 5.67. The molecule has 2 aromatic rings. The molecule has 2 aliphatic heterocycles. The van der Waals surface area contributed by atoms with Crippen LogP contribution in [0.1, 0.15) is 12.8 Å². The molecular formula is C17H19FN4OS. The number of fused-ring (bicyclic) bond motifs is 1. The van der Waals surface area contributed by atoms with E-state index in [1.165, 1.54) is 12.4 Å². The highest BCUT2D eigenvalue weighted by atomic mass is 32.2. The van der Waals surface area contributed by atoms with E-state index in [9.17, 15) is 9.18 Å². The third-order valence-electron chi connectivity index (χ3n) is 4.72. The molecule has 24 heavy (non-hydrogen) atoms. The van der Waals surface area contributed by atoms with Crippen molar-refractivity contribution in [2.45, 2.75) is 18.9 Å². The van der Waals surface area contributed by atoms with E-state index in [0.29, 0.717) is 16.7 Å². The average Bonchev–Trinajstić information content (AvgIpc) is 3.11. The first kappa shape index (κ1) is 15.6. The molecule has 1 amide bonds. The second-order valence-electron chi connectivity index (χ2n) is 6.12. The fourth-order valence-electron chi connectivity index (χ4n) is 3.54. The summed E-state index contributed by atoms with van der Waals surface area (Å²) in [6.45, 7) is 2.32. The molecule has 0 bridgehead atoms. The zero-order chi connectivity index (χ0) is 16.5. The maximum Gasteiger partial charge on any atom is 0.245 e. The van der Waals surface area contributed by atoms with Gasteiger partial charge in [-0.15, -0.1) is 0 Å². The van der Waals surface area contributed by atoms with Gasteiger partial charge in [0.05, 0.1) is 10.9 Å². The van der Waals surface area contributed by atoms with Crippen molar-refractivity contribution in [1.29, 1.82) is 0 Å². The van der Waals surface area contributed by atoms with Crippen LogP contribution in [0.2, 0.25) is 0 Å². The monoisotopic (exact) mass is 346 g/mol. The van der Waals surface area contributed by atoms with E-state index in [0.717, 1.165) is 44.0 Å². The highest BCUT2D eigenvalue weighted by Crippen LogP contribution is 2.32. The zero-order valence-electron chi connectivity index (χ0n) is 13.3.